The molecule has 0 saturated carbocycles. The third-order valence-electron chi connectivity index (χ3n) is 2.41. The van der Waals surface area contributed by atoms with E-state index in [0.717, 1.165) is 12.1 Å². The lowest BCUT2D eigenvalue weighted by Crippen LogP contribution is -1.96. The molecule has 0 unspecified atom stereocenters. The van der Waals surface area contributed by atoms with Gasteiger partial charge in [-0.15, -0.1) is 0 Å². The Morgan fingerprint density at radius 3 is 2.88 bits per heavy atom. The second-order valence-electron chi connectivity index (χ2n) is 4.45. The predicted molar refractivity (Wildman–Crippen MR) is 62.0 cm³/mol. The summed E-state index contributed by atoms with van der Waals surface area (Å²) in [5.74, 6) is 1.66. The molecule has 0 saturated heterocycles. The molecule has 5 heteroatoms. The molecule has 0 spiro atoms. The molecule has 2 heterocycles. The summed E-state index contributed by atoms with van der Waals surface area (Å²) in [4.78, 5) is 4.32. The maximum Gasteiger partial charge on any atom is 0.274 e. The summed E-state index contributed by atoms with van der Waals surface area (Å²) in [6.45, 7) is 4.21. The summed E-state index contributed by atoms with van der Waals surface area (Å²) >= 11 is 0. The van der Waals surface area contributed by atoms with Crippen LogP contribution in [0.5, 0.6) is 0 Å². The minimum atomic E-state index is 0.463. The van der Waals surface area contributed by atoms with E-state index in [1.165, 1.54) is 0 Å². The molecule has 5 nitrogen and oxygen atoms in total. The van der Waals surface area contributed by atoms with Crippen molar-refractivity contribution in [2.24, 2.45) is 13.0 Å². The van der Waals surface area contributed by atoms with Gasteiger partial charge < -0.3 is 9.09 Å². The minimum Gasteiger partial charge on any atom is -0.345 e. The molecule has 2 rings (SSSR count). The number of nitriles is 1. The molecule has 0 fully saturated rings. The fraction of sp³-hybridized carbons (Fsp3) is 0.417. The first-order chi connectivity index (χ1) is 8.10. The molecule has 2 aromatic heterocycles. The number of nitrogens with zero attached hydrogens (tertiary/aromatic N) is 4. The van der Waals surface area contributed by atoms with Crippen molar-refractivity contribution in [1.29, 1.82) is 5.26 Å². The van der Waals surface area contributed by atoms with Crippen molar-refractivity contribution in [3.8, 4) is 17.7 Å². The maximum absolute atomic E-state index is 8.82. The lowest BCUT2D eigenvalue weighted by Gasteiger charge is -1.96. The first-order valence-corrected chi connectivity index (χ1v) is 5.49. The Kier molecular flexibility index (Phi) is 2.96. The molecule has 0 amide bonds. The molecule has 0 radical (unpaired) electrons. The van der Waals surface area contributed by atoms with Gasteiger partial charge in [-0.25, -0.2) is 0 Å². The van der Waals surface area contributed by atoms with Crippen LogP contribution in [0.3, 0.4) is 0 Å². The van der Waals surface area contributed by atoms with Gasteiger partial charge in [-0.3, -0.25) is 0 Å². The van der Waals surface area contributed by atoms with Gasteiger partial charge in [-0.05, 0) is 12.0 Å². The fourth-order valence-electron chi connectivity index (χ4n) is 1.64. The van der Waals surface area contributed by atoms with Crippen molar-refractivity contribution >= 4 is 0 Å². The van der Waals surface area contributed by atoms with Crippen molar-refractivity contribution in [2.45, 2.75) is 20.3 Å². The summed E-state index contributed by atoms with van der Waals surface area (Å²) in [6.07, 6.45) is 2.53. The van der Waals surface area contributed by atoms with E-state index in [4.69, 9.17) is 9.78 Å². The van der Waals surface area contributed by atoms with Crippen LogP contribution in [0.2, 0.25) is 0 Å². The van der Waals surface area contributed by atoms with Gasteiger partial charge >= 0.3 is 0 Å². The van der Waals surface area contributed by atoms with Gasteiger partial charge in [0.2, 0.25) is 0 Å². The van der Waals surface area contributed by atoms with Gasteiger partial charge in [0.25, 0.3) is 5.89 Å². The zero-order valence-electron chi connectivity index (χ0n) is 10.1. The Labute approximate surface area is 99.7 Å². The minimum absolute atomic E-state index is 0.463. The normalized spacial score (nSPS) is 10.8. The van der Waals surface area contributed by atoms with E-state index in [1.54, 1.807) is 12.3 Å². The number of hydrogen-bond acceptors (Lipinski definition) is 4. The fourth-order valence-corrected chi connectivity index (χ4v) is 1.64. The van der Waals surface area contributed by atoms with Crippen molar-refractivity contribution in [3.05, 3.63) is 23.7 Å². The van der Waals surface area contributed by atoms with Crippen LogP contribution in [0.1, 0.15) is 25.2 Å². The molecule has 0 atom stereocenters. The van der Waals surface area contributed by atoms with Gasteiger partial charge in [-0.2, -0.15) is 10.2 Å². The molecule has 0 aliphatic carbocycles. The van der Waals surface area contributed by atoms with E-state index in [-0.39, 0.29) is 0 Å². The highest BCUT2D eigenvalue weighted by Crippen LogP contribution is 2.20. The van der Waals surface area contributed by atoms with Crippen LogP contribution in [0.15, 0.2) is 16.8 Å². The van der Waals surface area contributed by atoms with Crippen LogP contribution < -0.4 is 0 Å². The monoisotopic (exact) mass is 230 g/mol. The summed E-state index contributed by atoms with van der Waals surface area (Å²) in [5, 5.41) is 12.7. The lowest BCUT2D eigenvalue weighted by molar-refractivity contribution is 0.415. The van der Waals surface area contributed by atoms with Crippen LogP contribution in [0, 0.1) is 17.2 Å². The van der Waals surface area contributed by atoms with E-state index in [9.17, 15) is 0 Å². The van der Waals surface area contributed by atoms with E-state index in [2.05, 4.69) is 30.1 Å². The van der Waals surface area contributed by atoms with E-state index in [1.807, 2.05) is 11.6 Å². The standard InChI is InChI=1S/C12H14N4O/c1-8(2)4-11-14-12(17-15-11)10-5-9(6-13)7-16(10)3/h5,7-8H,4H2,1-3H3. The van der Waals surface area contributed by atoms with E-state index in [0.29, 0.717) is 23.2 Å². The van der Waals surface area contributed by atoms with Crippen LogP contribution in [0.25, 0.3) is 11.6 Å². The highest BCUT2D eigenvalue weighted by atomic mass is 16.5. The SMILES string of the molecule is CC(C)Cc1noc(-c2cc(C#N)cn2C)n1. The molecule has 0 aromatic carbocycles. The molecular formula is C12H14N4O. The molecule has 2 aromatic rings. The third-order valence-corrected chi connectivity index (χ3v) is 2.41. The molecule has 17 heavy (non-hydrogen) atoms. The smallest absolute Gasteiger partial charge is 0.274 e. The summed E-state index contributed by atoms with van der Waals surface area (Å²) in [6, 6.07) is 3.83. The summed E-state index contributed by atoms with van der Waals surface area (Å²) in [5.41, 5.74) is 1.36. The predicted octanol–water partition coefficient (Wildman–Crippen LogP) is 2.15. The quantitative estimate of drug-likeness (QED) is 0.810. The molecular weight excluding hydrogens is 216 g/mol. The van der Waals surface area contributed by atoms with Crippen LogP contribution >= 0.6 is 0 Å². The Bertz CT molecular complexity index is 559. The Hall–Kier alpha value is -2.09. The van der Waals surface area contributed by atoms with Crippen molar-refractivity contribution in [3.63, 3.8) is 0 Å². The Morgan fingerprint density at radius 1 is 1.53 bits per heavy atom. The Balaban J connectivity index is 2.30. The zero-order chi connectivity index (χ0) is 12.4. The maximum atomic E-state index is 8.82. The second-order valence-corrected chi connectivity index (χ2v) is 4.45. The third kappa shape index (κ3) is 2.36. The number of aryl methyl sites for hydroxylation is 1. The molecule has 0 aliphatic rings. The van der Waals surface area contributed by atoms with Crippen LogP contribution in [-0.2, 0) is 13.5 Å². The zero-order valence-corrected chi connectivity index (χ0v) is 10.1. The molecule has 0 bridgehead atoms. The average molecular weight is 230 g/mol. The molecule has 0 aliphatic heterocycles. The van der Waals surface area contributed by atoms with Crippen LogP contribution in [0.4, 0.5) is 0 Å². The first-order valence-electron chi connectivity index (χ1n) is 5.49. The van der Waals surface area contributed by atoms with Gasteiger partial charge in [0.1, 0.15) is 11.8 Å². The highest BCUT2D eigenvalue weighted by molar-refractivity contribution is 5.52. The largest absolute Gasteiger partial charge is 0.345 e. The van der Waals surface area contributed by atoms with Crippen molar-refractivity contribution < 1.29 is 4.52 Å². The van der Waals surface area contributed by atoms with Gasteiger partial charge in [0.05, 0.1) is 5.56 Å². The second kappa shape index (κ2) is 4.42. The molecule has 88 valence electrons. The summed E-state index contributed by atoms with van der Waals surface area (Å²) < 4.78 is 7.01. The van der Waals surface area contributed by atoms with Crippen molar-refractivity contribution in [2.75, 3.05) is 0 Å². The lowest BCUT2D eigenvalue weighted by atomic mass is 10.1. The van der Waals surface area contributed by atoms with Crippen LogP contribution in [-0.4, -0.2) is 14.7 Å². The topological polar surface area (TPSA) is 67.6 Å². The number of hydrogen-bond donors (Lipinski definition) is 0. The van der Waals surface area contributed by atoms with Gasteiger partial charge in [0.15, 0.2) is 5.82 Å². The highest BCUT2D eigenvalue weighted by Gasteiger charge is 2.13. The summed E-state index contributed by atoms with van der Waals surface area (Å²) in [7, 11) is 1.85. The van der Waals surface area contributed by atoms with E-state index < -0.39 is 0 Å². The Morgan fingerprint density at radius 2 is 2.29 bits per heavy atom. The van der Waals surface area contributed by atoms with Gasteiger partial charge in [0, 0.05) is 19.7 Å². The number of rotatable bonds is 3. The number of aromatic nitrogens is 3. The van der Waals surface area contributed by atoms with Gasteiger partial charge in [-0.1, -0.05) is 19.0 Å². The van der Waals surface area contributed by atoms with E-state index >= 15 is 0 Å². The first kappa shape index (κ1) is 11.4. The molecule has 0 N–H and O–H groups in total. The van der Waals surface area contributed by atoms with Crippen molar-refractivity contribution in [1.82, 2.24) is 14.7 Å². The average Bonchev–Trinajstić information content (AvgIpc) is 2.83.